The van der Waals surface area contributed by atoms with Gasteiger partial charge in [0.25, 0.3) is 0 Å². The number of imidazole rings is 1. The highest BCUT2D eigenvalue weighted by Gasteiger charge is 2.20. The molecule has 1 aromatic carbocycles. The van der Waals surface area contributed by atoms with Gasteiger partial charge in [-0.25, -0.2) is 9.97 Å². The van der Waals surface area contributed by atoms with Crippen LogP contribution in [0.15, 0.2) is 66.3 Å². The minimum absolute atomic E-state index is 0.0698. The van der Waals surface area contributed by atoms with Crippen LogP contribution in [0.5, 0.6) is 5.75 Å². The number of anilines is 2. The molecule has 39 heavy (non-hydrogen) atoms. The Labute approximate surface area is 228 Å². The van der Waals surface area contributed by atoms with Crippen molar-refractivity contribution in [3.8, 4) is 17.6 Å². The fourth-order valence-electron chi connectivity index (χ4n) is 4.32. The third-order valence-corrected chi connectivity index (χ3v) is 6.23. The zero-order chi connectivity index (χ0) is 27.9. The van der Waals surface area contributed by atoms with E-state index in [1.54, 1.807) is 32.3 Å². The number of aliphatic hydroxyl groups is 1. The molecule has 202 valence electrons. The van der Waals surface area contributed by atoms with Crippen LogP contribution < -0.4 is 20.7 Å². The number of nitrogens with zero attached hydrogens (tertiary/aromatic N) is 4. The molecule has 10 heteroatoms. The van der Waals surface area contributed by atoms with Gasteiger partial charge in [-0.05, 0) is 71.0 Å². The van der Waals surface area contributed by atoms with Gasteiger partial charge in [0.05, 0.1) is 22.8 Å². The monoisotopic (exact) mass is 526 g/mol. The Morgan fingerprint density at radius 3 is 2.82 bits per heavy atom. The van der Waals surface area contributed by atoms with Crippen LogP contribution in [0.25, 0.3) is 16.9 Å². The van der Waals surface area contributed by atoms with Crippen molar-refractivity contribution in [2.45, 2.75) is 46.3 Å². The quantitative estimate of drug-likeness (QED) is 0.184. The molecule has 3 aromatic rings. The summed E-state index contributed by atoms with van der Waals surface area (Å²) in [5.41, 5.74) is 4.36. The van der Waals surface area contributed by atoms with E-state index in [4.69, 9.17) is 20.4 Å². The highest BCUT2D eigenvalue weighted by atomic mass is 16.5. The van der Waals surface area contributed by atoms with Crippen LogP contribution in [0.4, 0.5) is 11.5 Å². The molecule has 0 bridgehead atoms. The van der Waals surface area contributed by atoms with E-state index in [0.29, 0.717) is 22.9 Å². The summed E-state index contributed by atoms with van der Waals surface area (Å²) < 4.78 is 8.29. The maximum absolute atomic E-state index is 10.3. The van der Waals surface area contributed by atoms with E-state index in [-0.39, 0.29) is 11.8 Å². The average molecular weight is 527 g/mol. The van der Waals surface area contributed by atoms with Gasteiger partial charge < -0.3 is 25.8 Å². The van der Waals surface area contributed by atoms with Crippen LogP contribution >= 0.6 is 0 Å². The first-order valence-electron chi connectivity index (χ1n) is 12.9. The summed E-state index contributed by atoms with van der Waals surface area (Å²) in [5, 5.41) is 36.8. The second-order valence-corrected chi connectivity index (χ2v) is 9.45. The highest BCUT2D eigenvalue weighted by molar-refractivity contribution is 6.05. The standard InChI is InChI=1S/C29H34N8O2/c1-5-6-7-18(2)34-25-13-24-26(14-27(25)39-22-10-11-32-16-22)37(17-33-24)28-9-8-23(20(4)38)29(36-28)35-19(3)12-21(31)15-30/h5-9,12-14,17,20,22,31-32,34,38H,10-11,16H2,1-4H3,(H,35,36)/b6-5+,18-7+,19-12-,31-21?. The lowest BCUT2D eigenvalue weighted by Crippen LogP contribution is -2.20. The summed E-state index contributed by atoms with van der Waals surface area (Å²) in [7, 11) is 0. The summed E-state index contributed by atoms with van der Waals surface area (Å²) in [5.74, 6) is 1.74. The van der Waals surface area contributed by atoms with Crippen molar-refractivity contribution in [3.63, 3.8) is 0 Å². The zero-order valence-electron chi connectivity index (χ0n) is 22.6. The molecule has 2 aromatic heterocycles. The molecule has 2 atom stereocenters. The van der Waals surface area contributed by atoms with Gasteiger partial charge in [0.1, 0.15) is 41.6 Å². The van der Waals surface area contributed by atoms with Crippen LogP contribution in [-0.2, 0) is 0 Å². The Morgan fingerprint density at radius 2 is 2.13 bits per heavy atom. The molecule has 0 saturated carbocycles. The van der Waals surface area contributed by atoms with Crippen molar-refractivity contribution in [1.82, 2.24) is 19.9 Å². The van der Waals surface area contributed by atoms with E-state index >= 15 is 0 Å². The predicted molar refractivity (Wildman–Crippen MR) is 154 cm³/mol. The number of aromatic nitrogens is 3. The number of aliphatic hydroxyl groups excluding tert-OH is 1. The van der Waals surface area contributed by atoms with Crippen molar-refractivity contribution in [1.29, 1.82) is 10.7 Å². The topological polar surface area (TPSA) is 144 Å². The molecule has 10 nitrogen and oxygen atoms in total. The van der Waals surface area contributed by atoms with Gasteiger partial charge in [0, 0.05) is 29.6 Å². The summed E-state index contributed by atoms with van der Waals surface area (Å²) in [6.07, 6.45) is 9.30. The maximum Gasteiger partial charge on any atom is 0.145 e. The van der Waals surface area contributed by atoms with Crippen LogP contribution in [0, 0.1) is 16.7 Å². The van der Waals surface area contributed by atoms with Crippen molar-refractivity contribution in [2.24, 2.45) is 0 Å². The van der Waals surface area contributed by atoms with E-state index in [9.17, 15) is 5.11 Å². The van der Waals surface area contributed by atoms with Gasteiger partial charge in [0.2, 0.25) is 0 Å². The fraction of sp³-hybridized carbons (Fsp3) is 0.310. The third kappa shape index (κ3) is 6.71. The summed E-state index contributed by atoms with van der Waals surface area (Å²) in [6, 6.07) is 9.36. The van der Waals surface area contributed by atoms with E-state index < -0.39 is 6.10 Å². The summed E-state index contributed by atoms with van der Waals surface area (Å²) in [4.78, 5) is 9.40. The maximum atomic E-state index is 10.3. The van der Waals surface area contributed by atoms with Gasteiger partial charge in [-0.15, -0.1) is 0 Å². The molecule has 0 amide bonds. The molecular formula is C29H34N8O2. The normalized spacial score (nSPS) is 16.9. The number of fused-ring (bicyclic) bond motifs is 1. The molecule has 1 fully saturated rings. The lowest BCUT2D eigenvalue weighted by atomic mass is 10.1. The smallest absolute Gasteiger partial charge is 0.145 e. The van der Waals surface area contributed by atoms with Gasteiger partial charge in [-0.1, -0.05) is 12.2 Å². The number of nitrogens with one attached hydrogen (secondary N) is 4. The number of nitriles is 1. The molecule has 1 aliphatic rings. The number of hydrogen-bond donors (Lipinski definition) is 5. The lowest BCUT2D eigenvalue weighted by Gasteiger charge is -2.18. The Morgan fingerprint density at radius 1 is 1.31 bits per heavy atom. The van der Waals surface area contributed by atoms with E-state index in [1.165, 1.54) is 6.08 Å². The van der Waals surface area contributed by atoms with E-state index in [2.05, 4.69) is 20.9 Å². The minimum Gasteiger partial charge on any atom is -0.487 e. The van der Waals surface area contributed by atoms with Gasteiger partial charge in [-0.3, -0.25) is 9.98 Å². The largest absolute Gasteiger partial charge is 0.487 e. The number of benzene rings is 1. The summed E-state index contributed by atoms with van der Waals surface area (Å²) in [6.45, 7) is 9.08. The second-order valence-electron chi connectivity index (χ2n) is 9.45. The van der Waals surface area contributed by atoms with E-state index in [1.807, 2.05) is 54.8 Å². The van der Waals surface area contributed by atoms with Crippen LogP contribution in [0.3, 0.4) is 0 Å². The molecule has 0 radical (unpaired) electrons. The van der Waals surface area contributed by atoms with Crippen LogP contribution in [0.1, 0.15) is 45.8 Å². The van der Waals surface area contributed by atoms with Crippen molar-refractivity contribution < 1.29 is 9.84 Å². The van der Waals surface area contributed by atoms with Crippen molar-refractivity contribution in [3.05, 3.63) is 71.9 Å². The van der Waals surface area contributed by atoms with Crippen molar-refractivity contribution >= 4 is 28.3 Å². The molecule has 0 aliphatic carbocycles. The molecule has 3 heterocycles. The van der Waals surface area contributed by atoms with Crippen molar-refractivity contribution in [2.75, 3.05) is 23.7 Å². The van der Waals surface area contributed by atoms with Gasteiger partial charge >= 0.3 is 0 Å². The predicted octanol–water partition coefficient (Wildman–Crippen LogP) is 4.97. The molecule has 1 aliphatic heterocycles. The SMILES string of the molecule is C/C=C/C=C(\C)Nc1cc2ncn(-c3ccc(C(C)O)c(N/C(C)=C\C(=N)C#N)n3)c2cc1OC1CCNC1. The number of hydrogen-bond acceptors (Lipinski definition) is 9. The molecule has 2 unspecified atom stereocenters. The molecule has 1 saturated heterocycles. The minimum atomic E-state index is -0.774. The van der Waals surface area contributed by atoms with Crippen LogP contribution in [-0.4, -0.2) is 44.5 Å². The van der Waals surface area contributed by atoms with Gasteiger partial charge in [-0.2, -0.15) is 5.26 Å². The number of rotatable bonds is 10. The van der Waals surface area contributed by atoms with Gasteiger partial charge in [0.15, 0.2) is 0 Å². The summed E-state index contributed by atoms with van der Waals surface area (Å²) >= 11 is 0. The first kappa shape index (κ1) is 27.6. The fourth-order valence-corrected chi connectivity index (χ4v) is 4.32. The Kier molecular flexibility index (Phi) is 8.76. The molecule has 0 spiro atoms. The highest BCUT2D eigenvalue weighted by Crippen LogP contribution is 2.34. The van der Waals surface area contributed by atoms with Crippen LogP contribution in [0.2, 0.25) is 0 Å². The zero-order valence-corrected chi connectivity index (χ0v) is 22.6. The third-order valence-electron chi connectivity index (χ3n) is 6.23. The lowest BCUT2D eigenvalue weighted by molar-refractivity contribution is 0.199. The second kappa shape index (κ2) is 12.4. The molecule has 4 rings (SSSR count). The number of pyridine rings is 1. The molecule has 5 N–H and O–H groups in total. The Hall–Kier alpha value is -4.46. The average Bonchev–Trinajstić information content (AvgIpc) is 3.57. The Bertz CT molecular complexity index is 1490. The first-order valence-corrected chi connectivity index (χ1v) is 12.9. The number of ether oxygens (including phenoxy) is 1. The van der Waals surface area contributed by atoms with E-state index in [0.717, 1.165) is 47.7 Å². The first-order chi connectivity index (χ1) is 18.8. The Balaban J connectivity index is 1.77. The molecular weight excluding hydrogens is 492 g/mol. The number of allylic oxidation sites excluding steroid dienone is 6.